The number of nitrogens with one attached hydrogen (secondary N) is 1. The van der Waals surface area contributed by atoms with Crippen LogP contribution >= 0.6 is 0 Å². The number of likely N-dealkylation sites (N-methyl/N-ethyl adjacent to an activating group) is 1. The third kappa shape index (κ3) is 3.49. The van der Waals surface area contributed by atoms with Gasteiger partial charge in [0.1, 0.15) is 5.69 Å². The second kappa shape index (κ2) is 6.53. The number of carbonyl (C=O) groups excluding carboxylic acids is 1. The van der Waals surface area contributed by atoms with E-state index in [4.69, 9.17) is 0 Å². The molecule has 1 heterocycles. The van der Waals surface area contributed by atoms with Gasteiger partial charge in [0.2, 0.25) is 0 Å². The number of methoxy groups -OCH3 is 1. The molecule has 0 spiro atoms. The van der Waals surface area contributed by atoms with E-state index in [0.29, 0.717) is 23.8 Å². The highest BCUT2D eigenvalue weighted by Crippen LogP contribution is 2.26. The van der Waals surface area contributed by atoms with Gasteiger partial charge in [-0.3, -0.25) is 10.1 Å². The van der Waals surface area contributed by atoms with Crippen molar-refractivity contribution < 1.29 is 14.5 Å². The molecule has 114 valence electrons. The van der Waals surface area contributed by atoms with E-state index in [1.807, 2.05) is 7.05 Å². The predicted molar refractivity (Wildman–Crippen MR) is 78.6 cm³/mol. The average Bonchev–Trinajstić information content (AvgIpc) is 2.89. The van der Waals surface area contributed by atoms with Crippen molar-refractivity contribution in [2.24, 2.45) is 0 Å². The normalized spacial score (nSPS) is 18.5. The first-order valence-electron chi connectivity index (χ1n) is 6.83. The van der Waals surface area contributed by atoms with Crippen molar-refractivity contribution in [3.05, 3.63) is 33.9 Å². The number of esters is 1. The van der Waals surface area contributed by atoms with Crippen LogP contribution in [-0.2, 0) is 4.74 Å². The van der Waals surface area contributed by atoms with Gasteiger partial charge in [-0.15, -0.1) is 0 Å². The van der Waals surface area contributed by atoms with E-state index in [1.165, 1.54) is 25.3 Å². The maximum atomic E-state index is 11.5. The summed E-state index contributed by atoms with van der Waals surface area (Å²) in [4.78, 5) is 24.4. The molecule has 0 saturated carbocycles. The summed E-state index contributed by atoms with van der Waals surface area (Å²) in [5.41, 5.74) is 0.608. The Hall–Kier alpha value is -2.15. The zero-order valence-corrected chi connectivity index (χ0v) is 12.2. The number of nitro benzene ring substituents is 1. The lowest BCUT2D eigenvalue weighted by atomic mass is 10.1. The molecule has 1 N–H and O–H groups in total. The van der Waals surface area contributed by atoms with Crippen molar-refractivity contribution in [2.45, 2.75) is 18.9 Å². The minimum absolute atomic E-state index is 0.0386. The summed E-state index contributed by atoms with van der Waals surface area (Å²) >= 11 is 0. The summed E-state index contributed by atoms with van der Waals surface area (Å²) < 4.78 is 4.64. The second-order valence-electron chi connectivity index (χ2n) is 5.14. The van der Waals surface area contributed by atoms with E-state index in [2.05, 4.69) is 15.0 Å². The van der Waals surface area contributed by atoms with Crippen molar-refractivity contribution in [1.82, 2.24) is 4.90 Å². The Bertz CT molecular complexity index is 547. The Morgan fingerprint density at radius 1 is 1.57 bits per heavy atom. The minimum Gasteiger partial charge on any atom is -0.465 e. The van der Waals surface area contributed by atoms with Crippen LogP contribution in [0.25, 0.3) is 0 Å². The highest BCUT2D eigenvalue weighted by atomic mass is 16.6. The van der Waals surface area contributed by atoms with Crippen LogP contribution in [0, 0.1) is 10.1 Å². The van der Waals surface area contributed by atoms with Gasteiger partial charge in [-0.2, -0.15) is 0 Å². The number of hydrogen-bond donors (Lipinski definition) is 1. The first-order chi connectivity index (χ1) is 10.0. The molecule has 1 aromatic rings. The number of anilines is 1. The van der Waals surface area contributed by atoms with Crippen LogP contribution in [-0.4, -0.2) is 49.1 Å². The lowest BCUT2D eigenvalue weighted by molar-refractivity contribution is -0.384. The highest BCUT2D eigenvalue weighted by molar-refractivity contribution is 5.91. The number of benzene rings is 1. The zero-order chi connectivity index (χ0) is 15.4. The fourth-order valence-corrected chi connectivity index (χ4v) is 2.55. The Morgan fingerprint density at radius 2 is 2.33 bits per heavy atom. The summed E-state index contributed by atoms with van der Waals surface area (Å²) in [7, 11) is 3.32. The lowest BCUT2D eigenvalue weighted by Gasteiger charge is -2.20. The molecule has 0 bridgehead atoms. The molecule has 1 aliphatic rings. The molecule has 2 rings (SSSR count). The van der Waals surface area contributed by atoms with Crippen LogP contribution in [0.15, 0.2) is 18.2 Å². The highest BCUT2D eigenvalue weighted by Gasteiger charge is 2.22. The van der Waals surface area contributed by atoms with Gasteiger partial charge in [-0.25, -0.2) is 4.79 Å². The fraction of sp³-hybridized carbons (Fsp3) is 0.500. The van der Waals surface area contributed by atoms with Crippen molar-refractivity contribution in [1.29, 1.82) is 0 Å². The van der Waals surface area contributed by atoms with E-state index >= 15 is 0 Å². The van der Waals surface area contributed by atoms with Gasteiger partial charge in [0.15, 0.2) is 0 Å². The van der Waals surface area contributed by atoms with Gasteiger partial charge in [-0.1, -0.05) is 0 Å². The summed E-state index contributed by atoms with van der Waals surface area (Å²) in [6, 6.07) is 4.55. The van der Waals surface area contributed by atoms with Gasteiger partial charge >= 0.3 is 5.97 Å². The standard InChI is InChI=1S/C14H19N3O4/c1-16-7-3-4-11(16)9-15-12-8-10(14(18)21-2)5-6-13(12)17(19)20/h5-6,8,11,15H,3-4,7,9H2,1-2H3. The van der Waals surface area contributed by atoms with Gasteiger partial charge in [0.05, 0.1) is 17.6 Å². The van der Waals surface area contributed by atoms with Crippen LogP contribution in [0.1, 0.15) is 23.2 Å². The number of nitrogens with zero attached hydrogens (tertiary/aromatic N) is 2. The van der Waals surface area contributed by atoms with Crippen LogP contribution < -0.4 is 5.32 Å². The smallest absolute Gasteiger partial charge is 0.337 e. The van der Waals surface area contributed by atoms with E-state index in [1.54, 1.807) is 0 Å². The van der Waals surface area contributed by atoms with Crippen LogP contribution in [0.2, 0.25) is 0 Å². The molecular weight excluding hydrogens is 274 g/mol. The van der Waals surface area contributed by atoms with Crippen LogP contribution in [0.5, 0.6) is 0 Å². The Labute approximate surface area is 123 Å². The zero-order valence-electron chi connectivity index (χ0n) is 12.2. The SMILES string of the molecule is COC(=O)c1ccc([N+](=O)[O-])c(NCC2CCCN2C)c1. The third-order valence-corrected chi connectivity index (χ3v) is 3.81. The van der Waals surface area contributed by atoms with E-state index in [-0.39, 0.29) is 5.69 Å². The number of carbonyl (C=O) groups is 1. The molecule has 0 amide bonds. The summed E-state index contributed by atoms with van der Waals surface area (Å²) in [6.07, 6.45) is 2.20. The number of hydrogen-bond acceptors (Lipinski definition) is 6. The van der Waals surface area contributed by atoms with Crippen molar-refractivity contribution in [2.75, 3.05) is 32.6 Å². The van der Waals surface area contributed by atoms with Crippen LogP contribution in [0.4, 0.5) is 11.4 Å². The van der Waals surface area contributed by atoms with Crippen molar-refractivity contribution >= 4 is 17.3 Å². The van der Waals surface area contributed by atoms with Crippen LogP contribution in [0.3, 0.4) is 0 Å². The molecule has 1 unspecified atom stereocenters. The minimum atomic E-state index is -0.508. The quantitative estimate of drug-likeness (QED) is 0.507. The molecule has 7 heteroatoms. The van der Waals surface area contributed by atoms with E-state index in [9.17, 15) is 14.9 Å². The molecule has 1 saturated heterocycles. The van der Waals surface area contributed by atoms with Gasteiger partial charge < -0.3 is 15.0 Å². The molecule has 0 aromatic heterocycles. The Morgan fingerprint density at radius 3 is 2.90 bits per heavy atom. The first kappa shape index (κ1) is 15.2. The molecule has 0 aliphatic carbocycles. The fourth-order valence-electron chi connectivity index (χ4n) is 2.55. The maximum absolute atomic E-state index is 11.5. The average molecular weight is 293 g/mol. The van der Waals surface area contributed by atoms with Gasteiger partial charge in [0, 0.05) is 18.7 Å². The summed E-state index contributed by atoms with van der Waals surface area (Å²) in [5.74, 6) is -0.508. The predicted octanol–water partition coefficient (Wildman–Crippen LogP) is 1.89. The molecule has 1 atom stereocenters. The monoisotopic (exact) mass is 293 g/mol. The molecule has 1 fully saturated rings. The molecule has 1 aromatic carbocycles. The number of likely N-dealkylation sites (tertiary alicyclic amines) is 1. The molecule has 1 aliphatic heterocycles. The first-order valence-corrected chi connectivity index (χ1v) is 6.83. The lowest BCUT2D eigenvalue weighted by Crippen LogP contribution is -2.31. The topological polar surface area (TPSA) is 84.7 Å². The number of nitro groups is 1. The van der Waals surface area contributed by atoms with E-state index < -0.39 is 10.9 Å². The van der Waals surface area contributed by atoms with Crippen molar-refractivity contribution in [3.8, 4) is 0 Å². The third-order valence-electron chi connectivity index (χ3n) is 3.81. The second-order valence-corrected chi connectivity index (χ2v) is 5.14. The molecular formula is C14H19N3O4. The maximum Gasteiger partial charge on any atom is 0.337 e. The summed E-state index contributed by atoms with van der Waals surface area (Å²) in [5, 5.41) is 14.2. The summed E-state index contributed by atoms with van der Waals surface area (Å²) in [6.45, 7) is 1.65. The number of ether oxygens (including phenoxy) is 1. The Balaban J connectivity index is 2.18. The largest absolute Gasteiger partial charge is 0.465 e. The molecule has 7 nitrogen and oxygen atoms in total. The Kier molecular flexibility index (Phi) is 4.74. The number of rotatable bonds is 5. The molecule has 21 heavy (non-hydrogen) atoms. The van der Waals surface area contributed by atoms with E-state index in [0.717, 1.165) is 19.4 Å². The van der Waals surface area contributed by atoms with Gasteiger partial charge in [0.25, 0.3) is 5.69 Å². The van der Waals surface area contributed by atoms with Gasteiger partial charge in [-0.05, 0) is 38.6 Å². The molecule has 0 radical (unpaired) electrons. The van der Waals surface area contributed by atoms with Crippen molar-refractivity contribution in [3.63, 3.8) is 0 Å².